The predicted octanol–water partition coefficient (Wildman–Crippen LogP) is 0.377. The van der Waals surface area contributed by atoms with E-state index in [-0.39, 0.29) is 16.3 Å². The van der Waals surface area contributed by atoms with Gasteiger partial charge in [-0.15, -0.1) is 5.92 Å². The molecular weight excluding hydrogens is 455 g/mol. The minimum atomic E-state index is -4.62. The number of aliphatic hydroxyl groups excluding tert-OH is 2. The van der Waals surface area contributed by atoms with Gasteiger partial charge in [-0.2, -0.15) is 0 Å². The molecule has 166 valence electrons. The van der Waals surface area contributed by atoms with Crippen molar-refractivity contribution < 1.29 is 33.5 Å². The van der Waals surface area contributed by atoms with Crippen LogP contribution in [0.5, 0.6) is 5.75 Å². The van der Waals surface area contributed by atoms with Gasteiger partial charge in [0.2, 0.25) is 0 Å². The Morgan fingerprint density at radius 3 is 2.74 bits per heavy atom. The van der Waals surface area contributed by atoms with Crippen LogP contribution in [0.3, 0.4) is 0 Å². The minimum absolute atomic E-state index is 0.0199. The molecule has 0 aliphatic carbocycles. The normalized spacial score (nSPS) is 24.8. The Balaban J connectivity index is 1.73. The number of nitrogens with one attached hydrogen (secondary N) is 1. The van der Waals surface area contributed by atoms with E-state index < -0.39 is 50.2 Å². The molecular formula is C18H18ClN2O9P. The highest BCUT2D eigenvalue weighted by atomic mass is 35.5. The van der Waals surface area contributed by atoms with Gasteiger partial charge in [0.1, 0.15) is 29.6 Å². The van der Waals surface area contributed by atoms with Crippen molar-refractivity contribution in [3.63, 3.8) is 0 Å². The highest BCUT2D eigenvalue weighted by Crippen LogP contribution is 2.45. The molecule has 3 rings (SSSR count). The number of ether oxygens (including phenoxy) is 1. The third kappa shape index (κ3) is 5.44. The molecule has 13 heteroatoms. The zero-order valence-electron chi connectivity index (χ0n) is 16.0. The summed E-state index contributed by atoms with van der Waals surface area (Å²) in [7, 11) is -4.62. The number of hydrogen-bond donors (Lipinski definition) is 4. The molecule has 1 fully saturated rings. The van der Waals surface area contributed by atoms with Gasteiger partial charge in [-0.1, -0.05) is 23.6 Å². The highest BCUT2D eigenvalue weighted by Gasteiger charge is 2.45. The summed E-state index contributed by atoms with van der Waals surface area (Å²) in [6, 6.07) is 5.73. The molecule has 1 saturated heterocycles. The number of phosphoric acid groups is 1. The molecule has 0 spiro atoms. The van der Waals surface area contributed by atoms with Gasteiger partial charge < -0.3 is 19.5 Å². The van der Waals surface area contributed by atoms with Crippen LogP contribution in [-0.4, -0.2) is 49.6 Å². The third-order valence-corrected chi connectivity index (χ3v) is 5.41. The van der Waals surface area contributed by atoms with Crippen LogP contribution >= 0.6 is 19.4 Å². The fourth-order valence-electron chi connectivity index (χ4n) is 2.85. The van der Waals surface area contributed by atoms with Crippen LogP contribution in [0, 0.1) is 11.8 Å². The van der Waals surface area contributed by atoms with Crippen LogP contribution in [-0.2, 0) is 13.8 Å². The second-order valence-electron chi connectivity index (χ2n) is 6.44. The molecule has 1 aliphatic heterocycles. The van der Waals surface area contributed by atoms with Gasteiger partial charge in [-0.25, -0.2) is 9.36 Å². The second kappa shape index (κ2) is 9.38. The van der Waals surface area contributed by atoms with E-state index in [0.717, 1.165) is 10.8 Å². The maximum absolute atomic E-state index is 12.2. The van der Waals surface area contributed by atoms with Gasteiger partial charge >= 0.3 is 13.5 Å². The molecule has 5 atom stereocenters. The minimum Gasteiger partial charge on any atom is -0.404 e. The fraction of sp³-hybridized carbons (Fsp3) is 0.333. The first-order valence-corrected chi connectivity index (χ1v) is 10.7. The van der Waals surface area contributed by atoms with Crippen LogP contribution in [0.2, 0.25) is 5.02 Å². The number of hydrogen-bond acceptors (Lipinski definition) is 8. The molecule has 0 amide bonds. The van der Waals surface area contributed by atoms with Crippen molar-refractivity contribution in [1.29, 1.82) is 0 Å². The van der Waals surface area contributed by atoms with Crippen molar-refractivity contribution in [1.82, 2.24) is 9.55 Å². The number of halogens is 1. The zero-order chi connectivity index (χ0) is 22.8. The van der Waals surface area contributed by atoms with Crippen LogP contribution in [0.15, 0.2) is 40.1 Å². The van der Waals surface area contributed by atoms with Crippen molar-refractivity contribution in [2.24, 2.45) is 0 Å². The maximum Gasteiger partial charge on any atom is 0.527 e. The van der Waals surface area contributed by atoms with Crippen LogP contribution < -0.4 is 15.8 Å². The Bertz CT molecular complexity index is 1180. The van der Waals surface area contributed by atoms with Gasteiger partial charge in [-0.05, 0) is 25.1 Å². The van der Waals surface area contributed by atoms with E-state index >= 15 is 0 Å². The lowest BCUT2D eigenvalue weighted by molar-refractivity contribution is -0.0540. The molecule has 2 aromatic rings. The largest absolute Gasteiger partial charge is 0.527 e. The van der Waals surface area contributed by atoms with Crippen molar-refractivity contribution in [3.8, 4) is 17.6 Å². The van der Waals surface area contributed by atoms with E-state index in [2.05, 4.69) is 11.8 Å². The number of aromatic amines is 1. The number of nitrogens with zero attached hydrogens (tertiary/aromatic N) is 1. The monoisotopic (exact) mass is 472 g/mol. The lowest BCUT2D eigenvalue weighted by atomic mass is 10.1. The van der Waals surface area contributed by atoms with Crippen LogP contribution in [0.1, 0.15) is 18.7 Å². The van der Waals surface area contributed by atoms with E-state index in [1.54, 1.807) is 0 Å². The molecule has 4 N–H and O–H groups in total. The average Bonchev–Trinajstić information content (AvgIpc) is 2.97. The molecule has 31 heavy (non-hydrogen) atoms. The smallest absolute Gasteiger partial charge is 0.404 e. The zero-order valence-corrected chi connectivity index (χ0v) is 17.6. The van der Waals surface area contributed by atoms with E-state index in [4.69, 9.17) is 25.4 Å². The van der Waals surface area contributed by atoms with Crippen molar-refractivity contribution in [2.45, 2.75) is 31.5 Å². The summed E-state index contributed by atoms with van der Waals surface area (Å²) in [5, 5.41) is 20.8. The van der Waals surface area contributed by atoms with Crippen LogP contribution in [0.4, 0.5) is 0 Å². The molecule has 2 heterocycles. The SMILES string of the molecule is CC#Cc1cn([C@@H]2O[C@H](COP(=O)(O)Oc3cccc(Cl)c3)[C@@H](O)[C@@H]2O)c(=O)[nH]c1=O. The standard InChI is InChI=1S/C18H18ClN2O9P/c1-2-4-10-8-21(18(25)20-16(10)24)17-15(23)14(22)13(29-17)9-28-31(26,27)30-12-6-3-5-11(19)7-12/h3,5-8,13-15,17,22-23H,9H2,1H3,(H,26,27)(H,20,24,25)/t13-,14-,15+,17-/m1/s1. The summed E-state index contributed by atoms with van der Waals surface area (Å²) in [5.41, 5.74) is -1.67. The Kier molecular flexibility index (Phi) is 7.03. The summed E-state index contributed by atoms with van der Waals surface area (Å²) < 4.78 is 28.2. The van der Waals surface area contributed by atoms with Crippen molar-refractivity contribution in [3.05, 3.63) is 61.9 Å². The van der Waals surface area contributed by atoms with E-state index in [1.807, 2.05) is 4.98 Å². The van der Waals surface area contributed by atoms with Gasteiger partial charge in [0.05, 0.1) is 6.61 Å². The Morgan fingerprint density at radius 1 is 1.32 bits per heavy atom. The summed E-state index contributed by atoms with van der Waals surface area (Å²) in [6.07, 6.45) is -4.79. The number of H-pyrrole nitrogens is 1. The number of benzene rings is 1. The Hall–Kier alpha value is -2.42. The molecule has 1 aromatic carbocycles. The van der Waals surface area contributed by atoms with Crippen LogP contribution in [0.25, 0.3) is 0 Å². The number of rotatable bonds is 6. The van der Waals surface area contributed by atoms with Gasteiger partial charge in [0.25, 0.3) is 5.56 Å². The lowest BCUT2D eigenvalue weighted by Crippen LogP contribution is -2.38. The number of aromatic nitrogens is 2. The lowest BCUT2D eigenvalue weighted by Gasteiger charge is -2.18. The third-order valence-electron chi connectivity index (χ3n) is 4.26. The summed E-state index contributed by atoms with van der Waals surface area (Å²) in [5.74, 6) is 4.99. The maximum atomic E-state index is 12.2. The fourth-order valence-corrected chi connectivity index (χ4v) is 3.79. The van der Waals surface area contributed by atoms with E-state index in [0.29, 0.717) is 0 Å². The van der Waals surface area contributed by atoms with E-state index in [9.17, 15) is 29.3 Å². The molecule has 0 bridgehead atoms. The van der Waals surface area contributed by atoms with Gasteiger partial charge in [0, 0.05) is 11.2 Å². The molecule has 1 unspecified atom stereocenters. The molecule has 0 saturated carbocycles. The molecule has 1 aliphatic rings. The molecule has 1 aromatic heterocycles. The highest BCUT2D eigenvalue weighted by molar-refractivity contribution is 7.47. The van der Waals surface area contributed by atoms with E-state index in [1.165, 1.54) is 31.2 Å². The average molecular weight is 473 g/mol. The topological polar surface area (TPSA) is 160 Å². The summed E-state index contributed by atoms with van der Waals surface area (Å²) >= 11 is 5.79. The van der Waals surface area contributed by atoms with Crippen molar-refractivity contribution >= 4 is 19.4 Å². The second-order valence-corrected chi connectivity index (χ2v) is 8.26. The van der Waals surface area contributed by atoms with Gasteiger partial charge in [-0.3, -0.25) is 23.8 Å². The Labute approximate surface area is 180 Å². The van der Waals surface area contributed by atoms with Gasteiger partial charge in [0.15, 0.2) is 6.23 Å². The quantitative estimate of drug-likeness (QED) is 0.344. The molecule has 0 radical (unpaired) electrons. The Morgan fingerprint density at radius 2 is 2.06 bits per heavy atom. The molecule has 11 nitrogen and oxygen atoms in total. The number of phosphoric ester groups is 1. The first kappa shape index (κ1) is 23.2. The first-order valence-electron chi connectivity index (χ1n) is 8.83. The predicted molar refractivity (Wildman–Crippen MR) is 108 cm³/mol. The summed E-state index contributed by atoms with van der Waals surface area (Å²) in [6.45, 7) is 0.842. The van der Waals surface area contributed by atoms with Crippen molar-refractivity contribution in [2.75, 3.05) is 6.61 Å². The summed E-state index contributed by atoms with van der Waals surface area (Å²) in [4.78, 5) is 35.8. The first-order chi connectivity index (χ1) is 14.6. The number of aliphatic hydroxyl groups is 2.